The summed E-state index contributed by atoms with van der Waals surface area (Å²) in [4.78, 5) is 42.9. The quantitative estimate of drug-likeness (QED) is 0.100. The van der Waals surface area contributed by atoms with E-state index in [1.54, 1.807) is 4.68 Å². The van der Waals surface area contributed by atoms with Crippen LogP contribution in [0.1, 0.15) is 65.0 Å². The Morgan fingerprint density at radius 2 is 1.61 bits per heavy atom. The molecule has 2 bridgehead atoms. The van der Waals surface area contributed by atoms with Crippen LogP contribution in [0, 0.1) is 30.6 Å². The number of ether oxygens (including phenoxy) is 4. The first-order valence-electron chi connectivity index (χ1n) is 20.1. The van der Waals surface area contributed by atoms with E-state index in [0.29, 0.717) is 24.6 Å². The van der Waals surface area contributed by atoms with Gasteiger partial charge in [-0.2, -0.15) is 0 Å². The van der Waals surface area contributed by atoms with Gasteiger partial charge in [-0.25, -0.2) is 14.5 Å². The summed E-state index contributed by atoms with van der Waals surface area (Å²) in [6.07, 6.45) is 3.60. The summed E-state index contributed by atoms with van der Waals surface area (Å²) in [5.74, 6) is -1.43. The highest BCUT2D eigenvalue weighted by Crippen LogP contribution is 2.60. The minimum Gasteiger partial charge on any atom is -0.464 e. The molecule has 0 amide bonds. The van der Waals surface area contributed by atoms with Gasteiger partial charge < -0.3 is 18.9 Å². The Hall–Kier alpha value is -5.01. The van der Waals surface area contributed by atoms with E-state index in [2.05, 4.69) is 53.6 Å². The first-order valence-corrected chi connectivity index (χ1v) is 20.1. The summed E-state index contributed by atoms with van der Waals surface area (Å²) < 4.78 is 25.7. The van der Waals surface area contributed by atoms with Crippen LogP contribution in [0.3, 0.4) is 0 Å². The van der Waals surface area contributed by atoms with Gasteiger partial charge in [0, 0.05) is 46.0 Å². The van der Waals surface area contributed by atoms with Gasteiger partial charge in [-0.15, -0.1) is 5.10 Å². The molecule has 5 aromatic rings. The molecule has 12 heteroatoms. The van der Waals surface area contributed by atoms with Gasteiger partial charge in [-0.05, 0) is 62.0 Å². The molecule has 57 heavy (non-hydrogen) atoms. The van der Waals surface area contributed by atoms with Crippen molar-refractivity contribution in [2.24, 2.45) is 23.7 Å². The SMILES string of the molecule is Cc1nc(-c2ccccc2)c(-c2ccccc2)c2cc(-c3cn(CCOC(=O)CCC(=O)O[C@@H]4O[C@@H]5O[C@@]6(C)CC[C@H]7[C@H](C)CC[C@@H]([C@H]4C)[C@@]57OO6)nn3)ccc12. The number of aryl methyl sites for hydroxylation is 1. The van der Waals surface area contributed by atoms with Crippen molar-refractivity contribution in [3.8, 4) is 33.6 Å². The van der Waals surface area contributed by atoms with Crippen LogP contribution in [0.5, 0.6) is 0 Å². The van der Waals surface area contributed by atoms with Gasteiger partial charge in [0.15, 0.2) is 11.9 Å². The molecule has 5 fully saturated rings. The molecular weight excluding hydrogens is 725 g/mol. The molecule has 1 spiro atoms. The third kappa shape index (κ3) is 6.92. The van der Waals surface area contributed by atoms with Gasteiger partial charge in [0.2, 0.25) is 12.1 Å². The lowest BCUT2D eigenvalue weighted by Crippen LogP contribution is -2.70. The Kier molecular flexibility index (Phi) is 9.92. The molecule has 1 saturated carbocycles. The summed E-state index contributed by atoms with van der Waals surface area (Å²) in [6, 6.07) is 26.8. The van der Waals surface area contributed by atoms with Gasteiger partial charge in [-0.3, -0.25) is 14.6 Å². The number of carbonyl (C=O) groups excluding carboxylic acids is 2. The lowest BCUT2D eigenvalue weighted by molar-refractivity contribution is -0.576. The zero-order valence-corrected chi connectivity index (χ0v) is 32.8. The van der Waals surface area contributed by atoms with E-state index < -0.39 is 35.9 Å². The Balaban J connectivity index is 0.818. The average molecular weight is 773 g/mol. The Bertz CT molecular complexity index is 2280. The van der Waals surface area contributed by atoms with Gasteiger partial charge in [0.1, 0.15) is 12.3 Å². The molecule has 4 saturated heterocycles. The number of aromatic nitrogens is 4. The second kappa shape index (κ2) is 15.1. The first-order chi connectivity index (χ1) is 27.6. The molecule has 6 heterocycles. The molecule has 5 aliphatic rings. The second-order valence-corrected chi connectivity index (χ2v) is 16.3. The molecule has 4 aliphatic heterocycles. The molecule has 0 N–H and O–H groups in total. The fourth-order valence-corrected chi connectivity index (χ4v) is 9.60. The topological polar surface area (TPSA) is 133 Å². The summed E-state index contributed by atoms with van der Waals surface area (Å²) in [5.41, 5.74) is 5.90. The zero-order valence-electron chi connectivity index (χ0n) is 32.8. The van der Waals surface area contributed by atoms with E-state index in [0.717, 1.165) is 63.7 Å². The lowest BCUT2D eigenvalue weighted by Gasteiger charge is -2.59. The van der Waals surface area contributed by atoms with Crippen molar-refractivity contribution in [3.05, 3.63) is 90.8 Å². The number of benzene rings is 3. The number of nitrogens with zero attached hydrogens (tertiary/aromatic N) is 4. The van der Waals surface area contributed by atoms with Crippen molar-refractivity contribution in [3.63, 3.8) is 0 Å². The number of hydrogen-bond acceptors (Lipinski definition) is 11. The molecule has 1 aliphatic carbocycles. The molecule has 12 nitrogen and oxygen atoms in total. The second-order valence-electron chi connectivity index (χ2n) is 16.3. The van der Waals surface area contributed by atoms with Crippen molar-refractivity contribution in [1.82, 2.24) is 20.0 Å². The molecule has 10 rings (SSSR count). The maximum absolute atomic E-state index is 13.0. The third-order valence-corrected chi connectivity index (χ3v) is 12.6. The predicted molar refractivity (Wildman–Crippen MR) is 209 cm³/mol. The molecular formula is C45H48N4O8. The highest BCUT2D eigenvalue weighted by Gasteiger charge is 2.69. The van der Waals surface area contributed by atoms with Crippen LogP contribution in [-0.2, 0) is 44.9 Å². The van der Waals surface area contributed by atoms with Crippen molar-refractivity contribution in [2.75, 3.05) is 6.61 Å². The summed E-state index contributed by atoms with van der Waals surface area (Å²) in [5, 5.41) is 10.9. The number of fused-ring (bicyclic) bond motifs is 3. The zero-order chi connectivity index (χ0) is 39.3. The molecule has 3 aromatic carbocycles. The van der Waals surface area contributed by atoms with Crippen LogP contribution < -0.4 is 0 Å². The van der Waals surface area contributed by atoms with Crippen molar-refractivity contribution >= 4 is 22.7 Å². The number of hydrogen-bond donors (Lipinski definition) is 0. The number of pyridine rings is 1. The monoisotopic (exact) mass is 772 g/mol. The van der Waals surface area contributed by atoms with Crippen LogP contribution in [0.25, 0.3) is 44.4 Å². The van der Waals surface area contributed by atoms with Crippen molar-refractivity contribution < 1.29 is 38.3 Å². The van der Waals surface area contributed by atoms with E-state index >= 15 is 0 Å². The van der Waals surface area contributed by atoms with Crippen LogP contribution in [0.4, 0.5) is 0 Å². The van der Waals surface area contributed by atoms with Crippen LogP contribution in [0.15, 0.2) is 85.1 Å². The molecule has 0 unspecified atom stereocenters. The maximum Gasteiger partial charge on any atom is 0.308 e. The highest BCUT2D eigenvalue weighted by atomic mass is 17.3. The van der Waals surface area contributed by atoms with Crippen LogP contribution in [0.2, 0.25) is 0 Å². The largest absolute Gasteiger partial charge is 0.464 e. The average Bonchev–Trinajstić information content (AvgIpc) is 3.58. The normalized spacial score (nSPS) is 29.1. The smallest absolute Gasteiger partial charge is 0.308 e. The van der Waals surface area contributed by atoms with E-state index in [9.17, 15) is 9.59 Å². The van der Waals surface area contributed by atoms with Crippen LogP contribution >= 0.6 is 0 Å². The van der Waals surface area contributed by atoms with E-state index in [1.807, 2.05) is 69.4 Å². The van der Waals surface area contributed by atoms with E-state index in [-0.39, 0.29) is 37.2 Å². The van der Waals surface area contributed by atoms with Gasteiger partial charge >= 0.3 is 11.9 Å². The van der Waals surface area contributed by atoms with Crippen molar-refractivity contribution in [1.29, 1.82) is 0 Å². The Morgan fingerprint density at radius 3 is 2.40 bits per heavy atom. The fourth-order valence-electron chi connectivity index (χ4n) is 9.60. The number of rotatable bonds is 10. The molecule has 2 aromatic heterocycles. The van der Waals surface area contributed by atoms with Gasteiger partial charge in [0.05, 0.1) is 31.3 Å². The minimum atomic E-state index is -0.919. The first kappa shape index (κ1) is 37.6. The van der Waals surface area contributed by atoms with Gasteiger partial charge in [0.25, 0.3) is 0 Å². The van der Waals surface area contributed by atoms with Gasteiger partial charge in [-0.1, -0.05) is 91.9 Å². The fraction of sp³-hybridized carbons (Fsp3) is 0.444. The van der Waals surface area contributed by atoms with E-state index in [4.69, 9.17) is 33.7 Å². The summed E-state index contributed by atoms with van der Waals surface area (Å²) >= 11 is 0. The highest BCUT2D eigenvalue weighted by molar-refractivity contribution is 6.05. The molecule has 296 valence electrons. The van der Waals surface area contributed by atoms with Crippen LogP contribution in [-0.4, -0.2) is 62.5 Å². The van der Waals surface area contributed by atoms with E-state index in [1.165, 1.54) is 0 Å². The minimum absolute atomic E-state index is 0.0298. The predicted octanol–water partition coefficient (Wildman–Crippen LogP) is 8.21. The third-order valence-electron chi connectivity index (χ3n) is 12.6. The summed E-state index contributed by atoms with van der Waals surface area (Å²) in [6.45, 7) is 8.55. The number of esters is 2. The Morgan fingerprint density at radius 1 is 0.860 bits per heavy atom. The lowest BCUT2D eigenvalue weighted by atomic mass is 9.58. The maximum atomic E-state index is 13.0. The molecule has 0 radical (unpaired) electrons. The van der Waals surface area contributed by atoms with Crippen molar-refractivity contribution in [2.45, 2.75) is 96.7 Å². The number of carbonyl (C=O) groups is 2. The molecule has 8 atom stereocenters. The summed E-state index contributed by atoms with van der Waals surface area (Å²) in [7, 11) is 0. The Labute approximate surface area is 331 Å². The standard InChI is InChI=1S/C45H48N4O8/c1-27-15-18-36-28(2)42(54-43-45(36)35(27)21-22-44(4,55-43)56-57-45)53-39(51)20-19-38(50)52-24-23-49-26-37(47-48-49)32-16-17-33-29(3)46-41(31-13-9-6-10-14-31)40(34(33)25-32)30-11-7-5-8-12-30/h5-14,16-17,25-28,35-36,42-43H,15,18-24H2,1-4H3/t27-,28-,35+,36+,42-,43-,44-,45-/m1/s1.